The van der Waals surface area contributed by atoms with Crippen LogP contribution in [-0.2, 0) is 4.74 Å². The third-order valence-electron chi connectivity index (χ3n) is 9.97. The van der Waals surface area contributed by atoms with Crippen LogP contribution in [0.4, 0.5) is 4.79 Å². The molecule has 0 aromatic rings. The van der Waals surface area contributed by atoms with Gasteiger partial charge in [0.15, 0.2) is 0 Å². The topological polar surface area (TPSA) is 78.8 Å². The Morgan fingerprint density at radius 3 is 2.58 bits per heavy atom. The monoisotopic (exact) mass is 363 g/mol. The summed E-state index contributed by atoms with van der Waals surface area (Å²) in [5.74, 6) is 1.42. The maximum atomic E-state index is 12.1. The number of hydrogen-bond acceptors (Lipinski definition) is 4. The largest absolute Gasteiger partial charge is 0.447 e. The van der Waals surface area contributed by atoms with Gasteiger partial charge in [-0.3, -0.25) is 0 Å². The van der Waals surface area contributed by atoms with Gasteiger partial charge in [0.2, 0.25) is 0 Å². The van der Waals surface area contributed by atoms with Crippen LogP contribution in [0.5, 0.6) is 0 Å². The summed E-state index contributed by atoms with van der Waals surface area (Å²) in [5, 5.41) is 25.3. The molecule has 5 nitrogen and oxygen atoms in total. The first-order valence-corrected chi connectivity index (χ1v) is 10.6. The molecule has 5 fully saturated rings. The van der Waals surface area contributed by atoms with Crippen molar-refractivity contribution in [2.45, 2.75) is 88.9 Å². The van der Waals surface area contributed by atoms with E-state index in [0.717, 1.165) is 57.8 Å². The molecule has 5 heteroatoms. The van der Waals surface area contributed by atoms with Gasteiger partial charge in [0.1, 0.15) is 6.61 Å². The number of alkyl carbamates (subject to hydrolysis) is 1. The predicted molar refractivity (Wildman–Crippen MR) is 96.4 cm³/mol. The Bertz CT molecular complexity index is 640. The molecule has 4 aliphatic carbocycles. The molecule has 26 heavy (non-hydrogen) atoms. The van der Waals surface area contributed by atoms with E-state index in [1.54, 1.807) is 0 Å². The van der Waals surface area contributed by atoms with E-state index in [0.29, 0.717) is 24.4 Å². The number of hydrogen-bond donors (Lipinski definition) is 3. The Labute approximate surface area is 155 Å². The number of cyclic esters (lactones) is 1. The lowest BCUT2D eigenvalue weighted by molar-refractivity contribution is -0.214. The van der Waals surface area contributed by atoms with Gasteiger partial charge in [0, 0.05) is 5.41 Å². The molecule has 3 N–H and O–H groups in total. The molecule has 1 aliphatic heterocycles. The number of carbonyl (C=O) groups is 1. The zero-order valence-corrected chi connectivity index (χ0v) is 16.1. The number of ether oxygens (including phenoxy) is 1. The van der Waals surface area contributed by atoms with Crippen LogP contribution in [0.2, 0.25) is 0 Å². The summed E-state index contributed by atoms with van der Waals surface area (Å²) < 4.78 is 5.31. The van der Waals surface area contributed by atoms with Crippen LogP contribution >= 0.6 is 0 Å². The van der Waals surface area contributed by atoms with Crippen molar-refractivity contribution in [1.29, 1.82) is 0 Å². The van der Waals surface area contributed by atoms with Crippen molar-refractivity contribution in [2.75, 3.05) is 6.61 Å². The van der Waals surface area contributed by atoms with E-state index < -0.39 is 11.1 Å². The van der Waals surface area contributed by atoms with Gasteiger partial charge in [-0.2, -0.15) is 0 Å². The molecule has 146 valence electrons. The Kier molecular flexibility index (Phi) is 3.44. The average molecular weight is 363 g/mol. The van der Waals surface area contributed by atoms with Crippen molar-refractivity contribution in [3.8, 4) is 0 Å². The summed E-state index contributed by atoms with van der Waals surface area (Å²) in [5.41, 5.74) is -1.19. The highest BCUT2D eigenvalue weighted by Crippen LogP contribution is 2.70. The van der Waals surface area contributed by atoms with E-state index in [9.17, 15) is 15.0 Å². The maximum absolute atomic E-state index is 12.1. The Hall–Kier alpha value is -0.810. The predicted octanol–water partition coefficient (Wildman–Crippen LogP) is 2.98. The first-order chi connectivity index (χ1) is 12.2. The molecule has 4 saturated carbocycles. The minimum absolute atomic E-state index is 0.137. The lowest BCUT2D eigenvalue weighted by Gasteiger charge is -2.64. The van der Waals surface area contributed by atoms with E-state index >= 15 is 0 Å². The van der Waals surface area contributed by atoms with Crippen molar-refractivity contribution < 1.29 is 19.7 Å². The van der Waals surface area contributed by atoms with Gasteiger partial charge in [-0.1, -0.05) is 13.8 Å². The molecular formula is C21H33NO4. The van der Waals surface area contributed by atoms with Crippen LogP contribution in [0.25, 0.3) is 0 Å². The number of carbonyl (C=O) groups excluding carboxylic acids is 1. The minimum Gasteiger partial charge on any atom is -0.447 e. The fourth-order valence-electron chi connectivity index (χ4n) is 8.23. The smallest absolute Gasteiger partial charge is 0.407 e. The molecule has 0 aromatic carbocycles. The van der Waals surface area contributed by atoms with E-state index in [1.165, 1.54) is 0 Å². The Morgan fingerprint density at radius 1 is 1.04 bits per heavy atom. The number of amides is 1. The van der Waals surface area contributed by atoms with Gasteiger partial charge in [0.05, 0.1) is 17.2 Å². The molecule has 0 unspecified atom stereocenters. The highest BCUT2D eigenvalue weighted by molar-refractivity contribution is 5.71. The van der Waals surface area contributed by atoms with Gasteiger partial charge in [-0.15, -0.1) is 0 Å². The molecule has 1 saturated heterocycles. The number of aliphatic hydroxyl groups is 2. The second kappa shape index (κ2) is 5.16. The molecule has 1 heterocycles. The summed E-state index contributed by atoms with van der Waals surface area (Å²) in [6.07, 6.45) is 8.25. The first kappa shape index (κ1) is 17.3. The van der Waals surface area contributed by atoms with E-state index in [-0.39, 0.29) is 23.0 Å². The van der Waals surface area contributed by atoms with Crippen LogP contribution in [-0.4, -0.2) is 40.2 Å². The van der Waals surface area contributed by atoms with Gasteiger partial charge >= 0.3 is 6.09 Å². The van der Waals surface area contributed by atoms with Gasteiger partial charge in [-0.25, -0.2) is 4.79 Å². The molecule has 0 radical (unpaired) electrons. The van der Waals surface area contributed by atoms with Gasteiger partial charge in [-0.05, 0) is 81.0 Å². The minimum atomic E-state index is -0.721. The van der Waals surface area contributed by atoms with Crippen molar-refractivity contribution in [3.05, 3.63) is 0 Å². The van der Waals surface area contributed by atoms with Crippen molar-refractivity contribution in [2.24, 2.45) is 28.6 Å². The summed E-state index contributed by atoms with van der Waals surface area (Å²) in [6, 6.07) is 0. The van der Waals surface area contributed by atoms with E-state index in [4.69, 9.17) is 4.74 Å². The molecular weight excluding hydrogens is 330 g/mol. The summed E-state index contributed by atoms with van der Waals surface area (Å²) in [4.78, 5) is 11.8. The molecule has 1 spiro atoms. The zero-order chi connectivity index (χ0) is 18.4. The lowest BCUT2D eigenvalue weighted by Crippen LogP contribution is -2.67. The van der Waals surface area contributed by atoms with Crippen molar-refractivity contribution >= 4 is 6.09 Å². The number of nitrogens with one attached hydrogen (secondary N) is 1. The zero-order valence-electron chi connectivity index (χ0n) is 16.1. The van der Waals surface area contributed by atoms with Crippen molar-refractivity contribution in [1.82, 2.24) is 5.32 Å². The number of rotatable bonds is 0. The molecule has 1 amide bonds. The average Bonchev–Trinajstić information content (AvgIpc) is 3.09. The van der Waals surface area contributed by atoms with Crippen LogP contribution in [0, 0.1) is 28.6 Å². The number of aliphatic hydroxyl groups excluding tert-OH is 1. The fourth-order valence-corrected chi connectivity index (χ4v) is 8.23. The maximum Gasteiger partial charge on any atom is 0.407 e. The molecule has 5 aliphatic rings. The molecule has 8 atom stereocenters. The van der Waals surface area contributed by atoms with Crippen molar-refractivity contribution in [3.63, 3.8) is 0 Å². The molecule has 5 rings (SSSR count). The second-order valence-electron chi connectivity index (χ2n) is 10.5. The van der Waals surface area contributed by atoms with Gasteiger partial charge in [0.25, 0.3) is 0 Å². The first-order valence-electron chi connectivity index (χ1n) is 10.6. The van der Waals surface area contributed by atoms with E-state index in [2.05, 4.69) is 19.2 Å². The molecule has 0 bridgehead atoms. The molecule has 0 aromatic heterocycles. The lowest BCUT2D eigenvalue weighted by atomic mass is 9.43. The fraction of sp³-hybridized carbons (Fsp3) is 0.952. The number of fused-ring (bicyclic) bond motifs is 6. The third kappa shape index (κ3) is 1.87. The summed E-state index contributed by atoms with van der Waals surface area (Å²) >= 11 is 0. The Balaban J connectivity index is 1.50. The standard InChI is InChI=1S/C21H33NO4/c1-18-7-5-14(23)11-13(18)3-4-16-15(18)6-8-19(2)20(9-10-21(16,19)25)12-26-17(24)22-20/h13-16,23,25H,3-12H2,1-2H3,(H,22,24)/t13-,14+,15+,16-,18+,19-,20+,21+/m1/s1. The normalized spacial score (nSPS) is 58.5. The van der Waals surface area contributed by atoms with Crippen LogP contribution < -0.4 is 5.32 Å². The second-order valence-corrected chi connectivity index (χ2v) is 10.5. The van der Waals surface area contributed by atoms with Crippen LogP contribution in [0.15, 0.2) is 0 Å². The summed E-state index contributed by atoms with van der Waals surface area (Å²) in [6.45, 7) is 5.02. The Morgan fingerprint density at radius 2 is 1.85 bits per heavy atom. The SMILES string of the molecule is C[C@]12CC[C@H](O)C[C@H]1CC[C@@H]1[C@@H]2CC[C@]2(C)[C@]3(CC[C@]12O)COC(=O)N3. The summed E-state index contributed by atoms with van der Waals surface area (Å²) in [7, 11) is 0. The van der Waals surface area contributed by atoms with E-state index in [1.807, 2.05) is 0 Å². The van der Waals surface area contributed by atoms with Crippen LogP contribution in [0.3, 0.4) is 0 Å². The third-order valence-corrected chi connectivity index (χ3v) is 9.97. The van der Waals surface area contributed by atoms with Crippen LogP contribution in [0.1, 0.15) is 71.6 Å². The highest BCUT2D eigenvalue weighted by atomic mass is 16.6. The highest BCUT2D eigenvalue weighted by Gasteiger charge is 2.73. The quantitative estimate of drug-likeness (QED) is 0.618. The van der Waals surface area contributed by atoms with Gasteiger partial charge < -0.3 is 20.3 Å².